The quantitative estimate of drug-likeness (QED) is 0.469. The standard InChI is InChI=1S/C28H34F2N4O4/c1-18(2)26(35)32-22-6-3-5-20(15-22)19-9-13-33(14-10-19)12-4-11-31-27(36)34-25(17-38-28(34)37)21-7-8-23(29)24(30)16-21/h3,5-8,15-16,18-19,25H,4,9-14,17H2,1-2H3,(H,31,36)(H,32,35)/t25-/m0/s1. The van der Waals surface area contributed by atoms with Crippen LogP contribution < -0.4 is 10.6 Å². The Labute approximate surface area is 221 Å². The molecule has 0 unspecified atom stereocenters. The second-order valence-corrected chi connectivity index (χ2v) is 10.1. The first-order valence-electron chi connectivity index (χ1n) is 13.0. The zero-order chi connectivity index (χ0) is 27.2. The molecule has 2 N–H and O–H groups in total. The molecule has 4 rings (SSSR count). The molecule has 38 heavy (non-hydrogen) atoms. The third kappa shape index (κ3) is 6.66. The Morgan fingerprint density at radius 3 is 2.53 bits per heavy atom. The zero-order valence-electron chi connectivity index (χ0n) is 21.7. The van der Waals surface area contributed by atoms with E-state index in [1.165, 1.54) is 11.6 Å². The van der Waals surface area contributed by atoms with Gasteiger partial charge in [-0.2, -0.15) is 0 Å². The molecule has 0 saturated carbocycles. The van der Waals surface area contributed by atoms with Gasteiger partial charge in [-0.05, 0) is 80.2 Å². The van der Waals surface area contributed by atoms with Gasteiger partial charge in [-0.3, -0.25) is 4.79 Å². The van der Waals surface area contributed by atoms with Crippen molar-refractivity contribution in [2.24, 2.45) is 5.92 Å². The Morgan fingerprint density at radius 2 is 1.82 bits per heavy atom. The summed E-state index contributed by atoms with van der Waals surface area (Å²) in [7, 11) is 0. The number of carbonyl (C=O) groups excluding carboxylic acids is 3. The van der Waals surface area contributed by atoms with Gasteiger partial charge in [-0.25, -0.2) is 23.3 Å². The van der Waals surface area contributed by atoms with Gasteiger partial charge in [0.15, 0.2) is 11.6 Å². The average molecular weight is 529 g/mol. The Morgan fingerprint density at radius 1 is 1.05 bits per heavy atom. The fraction of sp³-hybridized carbons (Fsp3) is 0.464. The van der Waals surface area contributed by atoms with Gasteiger partial charge in [0.1, 0.15) is 12.6 Å². The highest BCUT2D eigenvalue weighted by molar-refractivity contribution is 5.93. The number of nitrogens with zero attached hydrogens (tertiary/aromatic N) is 2. The molecule has 10 heteroatoms. The first-order chi connectivity index (χ1) is 18.2. The van der Waals surface area contributed by atoms with Gasteiger partial charge in [0.25, 0.3) is 0 Å². The fourth-order valence-electron chi connectivity index (χ4n) is 4.84. The highest BCUT2D eigenvalue weighted by atomic mass is 19.2. The number of halogens is 2. The summed E-state index contributed by atoms with van der Waals surface area (Å²) in [5.74, 6) is -1.68. The van der Waals surface area contributed by atoms with Crippen molar-refractivity contribution >= 4 is 23.7 Å². The number of likely N-dealkylation sites (tertiary alicyclic amines) is 1. The highest BCUT2D eigenvalue weighted by Crippen LogP contribution is 2.30. The molecule has 2 aliphatic rings. The molecule has 2 fully saturated rings. The maximum atomic E-state index is 13.7. The number of imide groups is 1. The molecule has 1 atom stereocenters. The van der Waals surface area contributed by atoms with E-state index >= 15 is 0 Å². The number of benzene rings is 2. The van der Waals surface area contributed by atoms with Gasteiger partial charge in [-0.1, -0.05) is 32.0 Å². The summed E-state index contributed by atoms with van der Waals surface area (Å²) < 4.78 is 31.9. The largest absolute Gasteiger partial charge is 0.446 e. The van der Waals surface area contributed by atoms with Crippen LogP contribution in [0.3, 0.4) is 0 Å². The van der Waals surface area contributed by atoms with Crippen LogP contribution >= 0.6 is 0 Å². The van der Waals surface area contributed by atoms with Crippen molar-refractivity contribution in [2.75, 3.05) is 38.1 Å². The van der Waals surface area contributed by atoms with Crippen molar-refractivity contribution in [3.63, 3.8) is 0 Å². The van der Waals surface area contributed by atoms with Crippen LogP contribution in [-0.4, -0.2) is 60.6 Å². The predicted octanol–water partition coefficient (Wildman–Crippen LogP) is 5.03. The normalized spacial score (nSPS) is 18.5. The van der Waals surface area contributed by atoms with Crippen molar-refractivity contribution in [1.29, 1.82) is 0 Å². The van der Waals surface area contributed by atoms with E-state index in [-0.39, 0.29) is 18.4 Å². The van der Waals surface area contributed by atoms with Crippen LogP contribution in [0.4, 0.5) is 24.1 Å². The van der Waals surface area contributed by atoms with Gasteiger partial charge in [-0.15, -0.1) is 0 Å². The molecule has 0 aromatic heterocycles. The highest BCUT2D eigenvalue weighted by Gasteiger charge is 2.39. The van der Waals surface area contributed by atoms with Gasteiger partial charge in [0.05, 0.1) is 0 Å². The predicted molar refractivity (Wildman–Crippen MR) is 139 cm³/mol. The van der Waals surface area contributed by atoms with Crippen molar-refractivity contribution < 1.29 is 27.9 Å². The Kier molecular flexibility index (Phi) is 8.93. The molecule has 0 aliphatic carbocycles. The number of hydrogen-bond acceptors (Lipinski definition) is 5. The number of cyclic esters (lactones) is 1. The third-order valence-electron chi connectivity index (χ3n) is 7.09. The SMILES string of the molecule is CC(C)C(=O)Nc1cccc(C2CCN(CCCNC(=O)N3C(=O)OC[C@H]3c3ccc(F)c(F)c3)CC2)c1. The molecule has 8 nitrogen and oxygen atoms in total. The molecule has 2 aromatic rings. The lowest BCUT2D eigenvalue weighted by Crippen LogP contribution is -2.43. The summed E-state index contributed by atoms with van der Waals surface area (Å²) >= 11 is 0. The lowest BCUT2D eigenvalue weighted by atomic mass is 9.89. The molecule has 2 saturated heterocycles. The number of piperidine rings is 1. The van der Waals surface area contributed by atoms with E-state index < -0.39 is 29.8 Å². The maximum Gasteiger partial charge on any atom is 0.418 e. The first kappa shape index (κ1) is 27.5. The molecular weight excluding hydrogens is 494 g/mol. The second kappa shape index (κ2) is 12.3. The number of amides is 4. The van der Waals surface area contributed by atoms with Crippen molar-refractivity contribution in [3.05, 3.63) is 65.2 Å². The molecule has 4 amide bonds. The topological polar surface area (TPSA) is 91.0 Å². The van der Waals surface area contributed by atoms with E-state index in [1.54, 1.807) is 0 Å². The van der Waals surface area contributed by atoms with Crippen LogP contribution in [0.2, 0.25) is 0 Å². The first-order valence-corrected chi connectivity index (χ1v) is 13.0. The minimum absolute atomic E-state index is 0.00515. The molecule has 0 spiro atoms. The monoisotopic (exact) mass is 528 g/mol. The van der Waals surface area contributed by atoms with Crippen LogP contribution in [0.5, 0.6) is 0 Å². The number of urea groups is 1. The summed E-state index contributed by atoms with van der Waals surface area (Å²) in [5.41, 5.74) is 2.35. The summed E-state index contributed by atoms with van der Waals surface area (Å²) in [6, 6.07) is 9.91. The number of nitrogens with one attached hydrogen (secondary N) is 2. The minimum atomic E-state index is -1.04. The fourth-order valence-corrected chi connectivity index (χ4v) is 4.84. The van der Waals surface area contributed by atoms with Crippen molar-refractivity contribution in [2.45, 2.75) is 45.1 Å². The van der Waals surface area contributed by atoms with Crippen LogP contribution in [0.1, 0.15) is 56.2 Å². The summed E-state index contributed by atoms with van der Waals surface area (Å²) in [5, 5.41) is 5.71. The van der Waals surface area contributed by atoms with Crippen LogP contribution in [0, 0.1) is 17.6 Å². The van der Waals surface area contributed by atoms with E-state index in [4.69, 9.17) is 4.74 Å². The van der Waals surface area contributed by atoms with E-state index in [2.05, 4.69) is 27.7 Å². The number of hydrogen-bond donors (Lipinski definition) is 2. The summed E-state index contributed by atoms with van der Waals surface area (Å²) in [4.78, 5) is 40.1. The van der Waals surface area contributed by atoms with Gasteiger partial charge in [0.2, 0.25) is 5.91 Å². The van der Waals surface area contributed by atoms with Gasteiger partial charge >= 0.3 is 12.1 Å². The van der Waals surface area contributed by atoms with E-state index in [9.17, 15) is 23.2 Å². The Hall–Kier alpha value is -3.53. The molecular formula is C28H34F2N4O4. The van der Waals surface area contributed by atoms with Gasteiger partial charge < -0.3 is 20.3 Å². The second-order valence-electron chi connectivity index (χ2n) is 10.1. The molecule has 0 radical (unpaired) electrons. The zero-order valence-corrected chi connectivity index (χ0v) is 21.7. The number of rotatable bonds is 8. The van der Waals surface area contributed by atoms with E-state index in [0.29, 0.717) is 24.4 Å². The summed E-state index contributed by atoms with van der Waals surface area (Å²) in [6.45, 7) is 6.65. The molecule has 2 aliphatic heterocycles. The molecule has 0 bridgehead atoms. The maximum absolute atomic E-state index is 13.7. The Bertz CT molecular complexity index is 1170. The van der Waals surface area contributed by atoms with Crippen molar-refractivity contribution in [3.8, 4) is 0 Å². The van der Waals surface area contributed by atoms with Crippen LogP contribution in [-0.2, 0) is 9.53 Å². The Balaban J connectivity index is 1.21. The van der Waals surface area contributed by atoms with Crippen molar-refractivity contribution in [1.82, 2.24) is 15.1 Å². The van der Waals surface area contributed by atoms with E-state index in [1.807, 2.05) is 26.0 Å². The van der Waals surface area contributed by atoms with Gasteiger partial charge in [0, 0.05) is 18.2 Å². The number of ether oxygens (including phenoxy) is 1. The van der Waals surface area contributed by atoms with E-state index in [0.717, 1.165) is 55.2 Å². The molecule has 2 heterocycles. The number of anilines is 1. The summed E-state index contributed by atoms with van der Waals surface area (Å²) in [6.07, 6.45) is 1.89. The van der Waals surface area contributed by atoms with Crippen LogP contribution in [0.25, 0.3) is 0 Å². The average Bonchev–Trinajstić information content (AvgIpc) is 3.30. The third-order valence-corrected chi connectivity index (χ3v) is 7.09. The van der Waals surface area contributed by atoms with Crippen LogP contribution in [0.15, 0.2) is 42.5 Å². The smallest absolute Gasteiger partial charge is 0.418 e. The lowest BCUT2D eigenvalue weighted by Gasteiger charge is -2.32. The molecule has 204 valence electrons. The number of carbonyl (C=O) groups is 3. The molecule has 2 aromatic carbocycles. The minimum Gasteiger partial charge on any atom is -0.446 e. The lowest BCUT2D eigenvalue weighted by molar-refractivity contribution is -0.118.